The van der Waals surface area contributed by atoms with Gasteiger partial charge in [-0.05, 0) is 12.1 Å². The van der Waals surface area contributed by atoms with Crippen molar-refractivity contribution in [3.8, 4) is 11.3 Å². The van der Waals surface area contributed by atoms with Crippen LogP contribution in [0.25, 0.3) is 11.3 Å². The minimum absolute atomic E-state index is 0.558. The van der Waals surface area contributed by atoms with Crippen LogP contribution in [0.3, 0.4) is 0 Å². The molecule has 0 amide bonds. The number of nitrogens with zero attached hydrogens (tertiary/aromatic N) is 1. The van der Waals surface area contributed by atoms with Crippen molar-refractivity contribution in [3.05, 3.63) is 51.9 Å². The summed E-state index contributed by atoms with van der Waals surface area (Å²) in [7, 11) is 0. The molecule has 4 N–H and O–H groups in total. The van der Waals surface area contributed by atoms with Crippen LogP contribution in [-0.2, 0) is 22.4 Å². The predicted octanol–water partition coefficient (Wildman–Crippen LogP) is 1.93. The fourth-order valence-corrected chi connectivity index (χ4v) is 3.30. The van der Waals surface area contributed by atoms with Crippen LogP contribution in [-0.4, -0.2) is 33.7 Å². The first-order chi connectivity index (χ1) is 11.0. The number of hydrogen-bond acceptors (Lipinski definition) is 5. The van der Waals surface area contributed by atoms with Crippen molar-refractivity contribution in [3.63, 3.8) is 0 Å². The molecule has 3 rings (SSSR count). The highest BCUT2D eigenvalue weighted by molar-refractivity contribution is 7.12. The zero-order chi connectivity index (χ0) is 16.8. The number of aromatic nitrogens is 1. The fourth-order valence-electron chi connectivity index (χ4n) is 2.18. The lowest BCUT2D eigenvalue weighted by molar-refractivity contribution is -0.134. The number of aliphatic carboxylic acids is 2. The van der Waals surface area contributed by atoms with Gasteiger partial charge in [0.1, 0.15) is 0 Å². The summed E-state index contributed by atoms with van der Waals surface area (Å²) >= 11 is 1.81. The number of thiazole rings is 1. The molecule has 1 aromatic carbocycles. The molecule has 7 heteroatoms. The molecule has 0 radical (unpaired) electrons. The van der Waals surface area contributed by atoms with Gasteiger partial charge in [-0.2, -0.15) is 0 Å². The van der Waals surface area contributed by atoms with Crippen LogP contribution in [0.15, 0.2) is 36.4 Å². The van der Waals surface area contributed by atoms with E-state index in [9.17, 15) is 9.59 Å². The van der Waals surface area contributed by atoms with Gasteiger partial charge in [-0.15, -0.1) is 11.3 Å². The maximum atomic E-state index is 9.55. The van der Waals surface area contributed by atoms with Crippen LogP contribution in [0.4, 0.5) is 0 Å². The van der Waals surface area contributed by atoms with E-state index in [-0.39, 0.29) is 0 Å². The Bertz CT molecular complexity index is 736. The second-order valence-electron chi connectivity index (χ2n) is 4.76. The summed E-state index contributed by atoms with van der Waals surface area (Å²) in [5.74, 6) is -2.51. The molecule has 0 bridgehead atoms. The van der Waals surface area contributed by atoms with Gasteiger partial charge in [0, 0.05) is 35.4 Å². The van der Waals surface area contributed by atoms with Crippen molar-refractivity contribution in [2.45, 2.75) is 12.8 Å². The number of nitrogens with two attached hydrogens (primary N) is 1. The van der Waals surface area contributed by atoms with Crippen molar-refractivity contribution >= 4 is 23.3 Å². The summed E-state index contributed by atoms with van der Waals surface area (Å²) in [6, 6.07) is 8.52. The topological polar surface area (TPSA) is 114 Å². The maximum Gasteiger partial charge on any atom is 0.328 e. The SMILES string of the molecule is NCCc1nc2c(s1)Cc1ccccc1-2.O=C(O)/C=C/C(=O)O. The Morgan fingerprint density at radius 3 is 2.48 bits per heavy atom. The molecule has 1 heterocycles. The third kappa shape index (κ3) is 4.48. The van der Waals surface area contributed by atoms with Crippen molar-refractivity contribution in [1.82, 2.24) is 4.98 Å². The zero-order valence-electron chi connectivity index (χ0n) is 12.2. The Labute approximate surface area is 136 Å². The van der Waals surface area contributed by atoms with Crippen LogP contribution in [0, 0.1) is 0 Å². The highest BCUT2D eigenvalue weighted by atomic mass is 32.1. The standard InChI is InChI=1S/C12H12N2S.C4H4O4/c13-6-5-11-14-12-9-4-2-1-3-8(9)7-10(12)15-11;5-3(6)1-2-4(7)8/h1-4H,5-7,13H2;1-2H,(H,5,6)(H,7,8)/b;2-1+. The average molecular weight is 332 g/mol. The van der Waals surface area contributed by atoms with E-state index in [4.69, 9.17) is 15.9 Å². The molecular formula is C16H16N2O4S. The number of hydrogen-bond donors (Lipinski definition) is 3. The van der Waals surface area contributed by atoms with Crippen molar-refractivity contribution in [2.75, 3.05) is 6.54 Å². The summed E-state index contributed by atoms with van der Waals surface area (Å²) in [5.41, 5.74) is 9.45. The summed E-state index contributed by atoms with van der Waals surface area (Å²) in [6.45, 7) is 0.689. The molecule has 0 atom stereocenters. The summed E-state index contributed by atoms with van der Waals surface area (Å²) < 4.78 is 0. The van der Waals surface area contributed by atoms with Gasteiger partial charge in [0.05, 0.1) is 10.7 Å². The van der Waals surface area contributed by atoms with E-state index in [1.807, 2.05) is 11.3 Å². The van der Waals surface area contributed by atoms with Crippen LogP contribution in [0.1, 0.15) is 15.4 Å². The van der Waals surface area contributed by atoms with Gasteiger partial charge in [0.2, 0.25) is 0 Å². The molecular weight excluding hydrogens is 316 g/mol. The highest BCUT2D eigenvalue weighted by Gasteiger charge is 2.22. The Kier molecular flexibility index (Phi) is 5.61. The number of rotatable bonds is 4. The van der Waals surface area contributed by atoms with Gasteiger partial charge < -0.3 is 15.9 Å². The molecule has 23 heavy (non-hydrogen) atoms. The molecule has 0 unspecified atom stereocenters. The van der Waals surface area contributed by atoms with E-state index in [2.05, 4.69) is 29.2 Å². The number of fused-ring (bicyclic) bond motifs is 3. The van der Waals surface area contributed by atoms with Gasteiger partial charge in [0.15, 0.2) is 0 Å². The van der Waals surface area contributed by atoms with Gasteiger partial charge >= 0.3 is 11.9 Å². The van der Waals surface area contributed by atoms with E-state index in [1.54, 1.807) is 0 Å². The van der Waals surface area contributed by atoms with E-state index >= 15 is 0 Å². The summed E-state index contributed by atoms with van der Waals surface area (Å²) in [4.78, 5) is 25.2. The third-order valence-electron chi connectivity index (χ3n) is 3.09. The minimum atomic E-state index is -1.26. The monoisotopic (exact) mass is 332 g/mol. The summed E-state index contributed by atoms with van der Waals surface area (Å²) in [5, 5.41) is 16.8. The Morgan fingerprint density at radius 1 is 1.22 bits per heavy atom. The maximum absolute atomic E-state index is 9.55. The first-order valence-corrected chi connectivity index (χ1v) is 7.73. The first kappa shape index (κ1) is 16.9. The second kappa shape index (κ2) is 7.66. The number of carboxylic acid groups (broad SMARTS) is 2. The first-order valence-electron chi connectivity index (χ1n) is 6.92. The largest absolute Gasteiger partial charge is 0.478 e. The normalized spacial score (nSPS) is 11.5. The Morgan fingerprint density at radius 2 is 1.87 bits per heavy atom. The van der Waals surface area contributed by atoms with Gasteiger partial charge in [-0.25, -0.2) is 14.6 Å². The molecule has 2 aromatic rings. The Balaban J connectivity index is 0.000000207. The number of benzene rings is 1. The molecule has 0 saturated heterocycles. The zero-order valence-corrected chi connectivity index (χ0v) is 13.0. The average Bonchev–Trinajstić information content (AvgIpc) is 3.03. The second-order valence-corrected chi connectivity index (χ2v) is 5.93. The molecule has 6 nitrogen and oxygen atoms in total. The lowest BCUT2D eigenvalue weighted by Crippen LogP contribution is -2.02. The van der Waals surface area contributed by atoms with E-state index in [0.29, 0.717) is 18.7 Å². The molecule has 0 aliphatic heterocycles. The number of carboxylic acids is 2. The molecule has 0 saturated carbocycles. The van der Waals surface area contributed by atoms with Crippen LogP contribution >= 0.6 is 11.3 Å². The van der Waals surface area contributed by atoms with Gasteiger partial charge in [-0.3, -0.25) is 0 Å². The summed E-state index contributed by atoms with van der Waals surface area (Å²) in [6.07, 6.45) is 3.07. The molecule has 120 valence electrons. The lowest BCUT2D eigenvalue weighted by atomic mass is 10.1. The molecule has 1 aliphatic rings. The molecule has 1 aliphatic carbocycles. The predicted molar refractivity (Wildman–Crippen MR) is 87.5 cm³/mol. The Hall–Kier alpha value is -2.51. The minimum Gasteiger partial charge on any atom is -0.478 e. The smallest absolute Gasteiger partial charge is 0.328 e. The fraction of sp³-hybridized carbons (Fsp3) is 0.188. The van der Waals surface area contributed by atoms with Crippen LogP contribution in [0.5, 0.6) is 0 Å². The van der Waals surface area contributed by atoms with Crippen molar-refractivity contribution < 1.29 is 19.8 Å². The molecule has 0 spiro atoms. The van der Waals surface area contributed by atoms with Crippen LogP contribution in [0.2, 0.25) is 0 Å². The quantitative estimate of drug-likeness (QED) is 0.629. The third-order valence-corrected chi connectivity index (χ3v) is 4.21. The van der Waals surface area contributed by atoms with Crippen molar-refractivity contribution in [2.24, 2.45) is 5.73 Å². The van der Waals surface area contributed by atoms with Crippen LogP contribution < -0.4 is 5.73 Å². The molecule has 1 aromatic heterocycles. The van der Waals surface area contributed by atoms with E-state index < -0.39 is 11.9 Å². The van der Waals surface area contributed by atoms with Gasteiger partial charge in [0.25, 0.3) is 0 Å². The molecule has 0 fully saturated rings. The van der Waals surface area contributed by atoms with Crippen molar-refractivity contribution in [1.29, 1.82) is 0 Å². The van der Waals surface area contributed by atoms with Gasteiger partial charge in [-0.1, -0.05) is 24.3 Å². The lowest BCUT2D eigenvalue weighted by Gasteiger charge is -1.97. The number of carbonyl (C=O) groups is 2. The van der Waals surface area contributed by atoms with E-state index in [0.717, 1.165) is 12.8 Å². The van der Waals surface area contributed by atoms with E-state index in [1.165, 1.54) is 26.7 Å². The highest BCUT2D eigenvalue weighted by Crippen LogP contribution is 2.39.